The third kappa shape index (κ3) is 43.3. The Labute approximate surface area is 345 Å². The largest absolute Gasteiger partial charge is 0.756 e. The van der Waals surface area contributed by atoms with Crippen LogP contribution < -0.4 is 4.89 Å². The number of rotatable bonds is 41. The molecule has 0 aliphatic carbocycles. The van der Waals surface area contributed by atoms with Gasteiger partial charge in [-0.2, -0.15) is 0 Å². The van der Waals surface area contributed by atoms with E-state index >= 15 is 0 Å². The van der Waals surface area contributed by atoms with E-state index in [4.69, 9.17) is 18.5 Å². The summed E-state index contributed by atoms with van der Waals surface area (Å²) in [6.45, 7) is 5.26. The zero-order valence-corrected chi connectivity index (χ0v) is 37.7. The molecule has 0 aliphatic rings. The summed E-state index contributed by atoms with van der Waals surface area (Å²) in [7, 11) is 1.33. The standard InChI is InChI=1S/C47H86NO7P/c1-6-8-10-12-14-16-18-20-22-23-24-25-26-28-30-32-34-36-38-40-47(49)55-46(45-54-56(50,51)53-43-41-48(3,4)5)44-52-42-39-37-35-33-31-29-27-21-19-17-15-13-11-9-7-2/h8,10,14,16,20,22,24-25,28,30,46H,6-7,9,11-13,15,17-19,21,23,26-27,29,31-45H2,1-5H3/b10-8-,16-14-,22-20-,25-24-,30-28-. The summed E-state index contributed by atoms with van der Waals surface area (Å²) in [6, 6.07) is 0. The normalized spacial score (nSPS) is 14.3. The van der Waals surface area contributed by atoms with Gasteiger partial charge in [0.15, 0.2) is 0 Å². The fourth-order valence-electron chi connectivity index (χ4n) is 5.87. The zero-order chi connectivity index (χ0) is 41.3. The minimum absolute atomic E-state index is 0.0179. The molecule has 0 bridgehead atoms. The van der Waals surface area contributed by atoms with Crippen molar-refractivity contribution in [2.24, 2.45) is 0 Å². The Morgan fingerprint density at radius 3 is 1.54 bits per heavy atom. The van der Waals surface area contributed by atoms with Crippen LogP contribution in [-0.2, 0) is 27.9 Å². The van der Waals surface area contributed by atoms with Crippen LogP contribution in [0.25, 0.3) is 0 Å². The van der Waals surface area contributed by atoms with Gasteiger partial charge < -0.3 is 27.9 Å². The van der Waals surface area contributed by atoms with E-state index in [1.807, 2.05) is 21.1 Å². The van der Waals surface area contributed by atoms with Crippen LogP contribution in [0.1, 0.15) is 174 Å². The number of likely N-dealkylation sites (N-methyl/N-ethyl adjacent to an activating group) is 1. The molecular formula is C47H86NO7P. The molecule has 0 radical (unpaired) electrons. The van der Waals surface area contributed by atoms with Crippen molar-refractivity contribution in [3.8, 4) is 0 Å². The SMILES string of the molecule is CC/C=C\C/C=C\C/C=C\C/C=C\C/C=C\CCCCCC(=O)OC(COCCCCCCCCCCCCCCCCC)COP(=O)([O-])OCC[N+](C)(C)C. The minimum atomic E-state index is -4.54. The third-order valence-corrected chi connectivity index (χ3v) is 10.3. The van der Waals surface area contributed by atoms with Gasteiger partial charge in [0.1, 0.15) is 19.3 Å². The first-order valence-corrected chi connectivity index (χ1v) is 24.0. The summed E-state index contributed by atoms with van der Waals surface area (Å²) in [4.78, 5) is 25.1. The number of esters is 1. The van der Waals surface area contributed by atoms with Gasteiger partial charge in [-0.25, -0.2) is 0 Å². The van der Waals surface area contributed by atoms with Crippen LogP contribution in [0.4, 0.5) is 0 Å². The van der Waals surface area contributed by atoms with Gasteiger partial charge in [0.2, 0.25) is 0 Å². The summed E-state index contributed by atoms with van der Waals surface area (Å²) in [5.41, 5.74) is 0. The van der Waals surface area contributed by atoms with Gasteiger partial charge >= 0.3 is 5.97 Å². The molecule has 0 heterocycles. The van der Waals surface area contributed by atoms with Crippen LogP contribution in [0.2, 0.25) is 0 Å². The highest BCUT2D eigenvalue weighted by Gasteiger charge is 2.20. The summed E-state index contributed by atoms with van der Waals surface area (Å²) in [6.07, 6.45) is 49.4. The Morgan fingerprint density at radius 1 is 0.571 bits per heavy atom. The van der Waals surface area contributed by atoms with E-state index in [1.165, 1.54) is 83.5 Å². The lowest BCUT2D eigenvalue weighted by Gasteiger charge is -2.28. The molecule has 2 unspecified atom stereocenters. The molecule has 0 N–H and O–H groups in total. The van der Waals surface area contributed by atoms with Crippen LogP contribution in [-0.4, -0.2) is 70.7 Å². The zero-order valence-electron chi connectivity index (χ0n) is 36.8. The predicted molar refractivity (Wildman–Crippen MR) is 236 cm³/mol. The lowest BCUT2D eigenvalue weighted by Crippen LogP contribution is -2.37. The Balaban J connectivity index is 4.30. The molecule has 326 valence electrons. The molecule has 0 aliphatic heterocycles. The van der Waals surface area contributed by atoms with Gasteiger partial charge in [0, 0.05) is 13.0 Å². The molecule has 0 aromatic heterocycles. The highest BCUT2D eigenvalue weighted by atomic mass is 31.2. The Bertz CT molecular complexity index is 1080. The molecule has 0 amide bonds. The second kappa shape index (κ2) is 40.0. The Morgan fingerprint density at radius 2 is 1.04 bits per heavy atom. The first-order chi connectivity index (χ1) is 27.1. The van der Waals surface area contributed by atoms with E-state index in [1.54, 1.807) is 0 Å². The molecule has 2 atom stereocenters. The Hall–Kier alpha value is -1.80. The van der Waals surface area contributed by atoms with E-state index in [9.17, 15) is 14.3 Å². The van der Waals surface area contributed by atoms with Crippen LogP contribution >= 0.6 is 7.82 Å². The molecule has 8 nitrogen and oxygen atoms in total. The number of unbranched alkanes of at least 4 members (excludes halogenated alkanes) is 17. The quantitative estimate of drug-likeness (QED) is 0.0200. The second-order valence-corrected chi connectivity index (χ2v) is 17.4. The van der Waals surface area contributed by atoms with E-state index in [-0.39, 0.29) is 32.2 Å². The fourth-order valence-corrected chi connectivity index (χ4v) is 6.59. The molecule has 9 heteroatoms. The van der Waals surface area contributed by atoms with Crippen molar-refractivity contribution in [1.29, 1.82) is 0 Å². The molecule has 0 aromatic carbocycles. The lowest BCUT2D eigenvalue weighted by molar-refractivity contribution is -0.870. The van der Waals surface area contributed by atoms with Crippen LogP contribution in [0.15, 0.2) is 60.8 Å². The molecule has 0 rings (SSSR count). The number of carbonyl (C=O) groups is 1. The molecule has 0 aromatic rings. The van der Waals surface area contributed by atoms with Gasteiger partial charge in [-0.05, 0) is 57.8 Å². The van der Waals surface area contributed by atoms with Crippen molar-refractivity contribution >= 4 is 13.8 Å². The lowest BCUT2D eigenvalue weighted by atomic mass is 10.0. The first-order valence-electron chi connectivity index (χ1n) is 22.5. The fraction of sp³-hybridized carbons (Fsp3) is 0.766. The van der Waals surface area contributed by atoms with Crippen molar-refractivity contribution in [3.05, 3.63) is 60.8 Å². The first kappa shape index (κ1) is 54.2. The van der Waals surface area contributed by atoms with Crippen molar-refractivity contribution in [1.82, 2.24) is 0 Å². The smallest absolute Gasteiger partial charge is 0.306 e. The van der Waals surface area contributed by atoms with Crippen molar-refractivity contribution in [3.63, 3.8) is 0 Å². The summed E-state index contributed by atoms with van der Waals surface area (Å²) in [5.74, 6) is -0.365. The number of nitrogens with zero attached hydrogens (tertiary/aromatic N) is 1. The van der Waals surface area contributed by atoms with Gasteiger partial charge in [0.25, 0.3) is 7.82 Å². The number of carbonyl (C=O) groups excluding carboxylic acids is 1. The average Bonchev–Trinajstić information content (AvgIpc) is 3.15. The monoisotopic (exact) mass is 808 g/mol. The number of ether oxygens (including phenoxy) is 2. The number of quaternary nitrogens is 1. The molecule has 56 heavy (non-hydrogen) atoms. The van der Waals surface area contributed by atoms with Crippen molar-refractivity contribution in [2.45, 2.75) is 180 Å². The van der Waals surface area contributed by atoms with Crippen molar-refractivity contribution < 1.29 is 37.3 Å². The van der Waals surface area contributed by atoms with Gasteiger partial charge in [-0.15, -0.1) is 0 Å². The van der Waals surface area contributed by atoms with Crippen molar-refractivity contribution in [2.75, 3.05) is 54.1 Å². The number of hydrogen-bond donors (Lipinski definition) is 0. The molecule has 0 saturated carbocycles. The maximum absolute atomic E-state index is 12.7. The summed E-state index contributed by atoms with van der Waals surface area (Å²) >= 11 is 0. The molecule has 0 saturated heterocycles. The maximum atomic E-state index is 12.7. The second-order valence-electron chi connectivity index (χ2n) is 16.0. The van der Waals surface area contributed by atoms with Crippen LogP contribution in [0.5, 0.6) is 0 Å². The van der Waals surface area contributed by atoms with E-state index in [0.29, 0.717) is 24.1 Å². The predicted octanol–water partition coefficient (Wildman–Crippen LogP) is 12.7. The van der Waals surface area contributed by atoms with E-state index in [2.05, 4.69) is 74.6 Å². The van der Waals surface area contributed by atoms with Gasteiger partial charge in [0.05, 0.1) is 34.4 Å². The van der Waals surface area contributed by atoms with E-state index in [0.717, 1.165) is 64.2 Å². The van der Waals surface area contributed by atoms with Gasteiger partial charge in [-0.3, -0.25) is 9.36 Å². The Kier molecular flexibility index (Phi) is 38.7. The summed E-state index contributed by atoms with van der Waals surface area (Å²) < 4.78 is 34.6. The number of phosphoric ester groups is 1. The number of allylic oxidation sites excluding steroid dienone is 10. The topological polar surface area (TPSA) is 94.1 Å². The molecular weight excluding hydrogens is 721 g/mol. The highest BCUT2D eigenvalue weighted by molar-refractivity contribution is 7.45. The highest BCUT2D eigenvalue weighted by Crippen LogP contribution is 2.38. The average molecular weight is 808 g/mol. The van der Waals surface area contributed by atoms with Gasteiger partial charge in [-0.1, -0.05) is 171 Å². The molecule has 0 fully saturated rings. The molecule has 0 spiro atoms. The van der Waals surface area contributed by atoms with Crippen LogP contribution in [0, 0.1) is 0 Å². The van der Waals surface area contributed by atoms with E-state index < -0.39 is 13.9 Å². The number of phosphoric acid groups is 1. The van der Waals surface area contributed by atoms with Crippen LogP contribution in [0.3, 0.4) is 0 Å². The minimum Gasteiger partial charge on any atom is -0.756 e. The summed E-state index contributed by atoms with van der Waals surface area (Å²) in [5, 5.41) is 0. The third-order valence-electron chi connectivity index (χ3n) is 9.33. The maximum Gasteiger partial charge on any atom is 0.306 e. The number of hydrogen-bond acceptors (Lipinski definition) is 7.